The summed E-state index contributed by atoms with van der Waals surface area (Å²) in [4.78, 5) is 34.0. The minimum Gasteiger partial charge on any atom is -0.465 e. The number of nitrogens with zero attached hydrogens (tertiary/aromatic N) is 1. The number of carbonyl (C=O) groups is 2. The summed E-state index contributed by atoms with van der Waals surface area (Å²) >= 11 is 4.98. The van der Waals surface area contributed by atoms with Crippen LogP contribution in [0.4, 0.5) is 15.8 Å². The van der Waals surface area contributed by atoms with Crippen LogP contribution in [0.15, 0.2) is 42.5 Å². The molecule has 0 saturated heterocycles. The lowest BCUT2D eigenvalue weighted by Crippen LogP contribution is -2.43. The van der Waals surface area contributed by atoms with Crippen LogP contribution < -0.4 is 16.2 Å². The normalized spacial score (nSPS) is 9.85. The molecular formula is C16H13FN4O5S. The first-order valence-corrected chi connectivity index (χ1v) is 7.71. The summed E-state index contributed by atoms with van der Waals surface area (Å²) in [6.07, 6.45) is 0. The second-order valence-corrected chi connectivity index (χ2v) is 5.47. The van der Waals surface area contributed by atoms with Crippen molar-refractivity contribution in [3.63, 3.8) is 0 Å². The predicted octanol–water partition coefficient (Wildman–Crippen LogP) is 2.15. The molecule has 11 heteroatoms. The van der Waals surface area contributed by atoms with Gasteiger partial charge >= 0.3 is 5.97 Å². The number of carbonyl (C=O) groups excluding carboxylic acids is 2. The first-order valence-electron chi connectivity index (χ1n) is 7.31. The van der Waals surface area contributed by atoms with E-state index in [0.717, 1.165) is 25.3 Å². The molecule has 3 N–H and O–H groups in total. The molecule has 0 aliphatic carbocycles. The molecule has 2 aromatic carbocycles. The number of hydrazine groups is 1. The fraction of sp³-hybridized carbons (Fsp3) is 0.0625. The molecule has 0 saturated carbocycles. The Kier molecular flexibility index (Phi) is 6.33. The standard InChI is InChI=1S/C16H13FN4O5S/c1-26-15(23)10-6-9(7-13(8-10)21(24)25)14(22)19-20-16(27)18-12-4-2-11(17)3-5-12/h2-8H,1H3,(H,19,22)(H2,18,20,27). The van der Waals surface area contributed by atoms with E-state index in [1.165, 1.54) is 24.3 Å². The van der Waals surface area contributed by atoms with Gasteiger partial charge in [-0.15, -0.1) is 0 Å². The maximum atomic E-state index is 12.9. The van der Waals surface area contributed by atoms with Crippen molar-refractivity contribution in [2.24, 2.45) is 0 Å². The summed E-state index contributed by atoms with van der Waals surface area (Å²) in [6.45, 7) is 0. The van der Waals surface area contributed by atoms with E-state index in [1.807, 2.05) is 0 Å². The van der Waals surface area contributed by atoms with Crippen molar-refractivity contribution in [1.82, 2.24) is 10.9 Å². The summed E-state index contributed by atoms with van der Waals surface area (Å²) in [7, 11) is 1.11. The number of hydrogen-bond acceptors (Lipinski definition) is 6. The van der Waals surface area contributed by atoms with Gasteiger partial charge in [0.1, 0.15) is 5.82 Å². The highest BCUT2D eigenvalue weighted by atomic mass is 32.1. The number of anilines is 1. The molecule has 0 aliphatic heterocycles. The summed E-state index contributed by atoms with van der Waals surface area (Å²) in [6, 6.07) is 8.47. The van der Waals surface area contributed by atoms with Crippen molar-refractivity contribution in [3.05, 3.63) is 69.5 Å². The summed E-state index contributed by atoms with van der Waals surface area (Å²) in [5.74, 6) is -2.01. The number of benzene rings is 2. The van der Waals surface area contributed by atoms with Crippen LogP contribution >= 0.6 is 12.2 Å². The zero-order valence-corrected chi connectivity index (χ0v) is 14.6. The number of ether oxygens (including phenoxy) is 1. The van der Waals surface area contributed by atoms with E-state index in [4.69, 9.17) is 12.2 Å². The highest BCUT2D eigenvalue weighted by molar-refractivity contribution is 7.80. The number of nitro groups is 1. The molecule has 0 fully saturated rings. The summed E-state index contributed by atoms with van der Waals surface area (Å²) < 4.78 is 17.4. The van der Waals surface area contributed by atoms with Crippen molar-refractivity contribution in [1.29, 1.82) is 0 Å². The maximum absolute atomic E-state index is 12.9. The third-order valence-electron chi connectivity index (χ3n) is 3.20. The quantitative estimate of drug-likeness (QED) is 0.313. The highest BCUT2D eigenvalue weighted by Gasteiger charge is 2.18. The van der Waals surface area contributed by atoms with Gasteiger partial charge in [0.25, 0.3) is 11.6 Å². The molecule has 0 bridgehead atoms. The maximum Gasteiger partial charge on any atom is 0.338 e. The van der Waals surface area contributed by atoms with Gasteiger partial charge in [-0.25, -0.2) is 9.18 Å². The van der Waals surface area contributed by atoms with Crippen molar-refractivity contribution < 1.29 is 23.6 Å². The van der Waals surface area contributed by atoms with Gasteiger partial charge in [-0.05, 0) is 42.5 Å². The lowest BCUT2D eigenvalue weighted by Gasteiger charge is -2.12. The van der Waals surface area contributed by atoms with E-state index in [0.29, 0.717) is 5.69 Å². The molecule has 0 unspecified atom stereocenters. The van der Waals surface area contributed by atoms with E-state index in [2.05, 4.69) is 20.9 Å². The van der Waals surface area contributed by atoms with Gasteiger partial charge in [0, 0.05) is 23.4 Å². The predicted molar refractivity (Wildman–Crippen MR) is 97.7 cm³/mol. The molecule has 140 valence electrons. The third kappa shape index (κ3) is 5.44. The van der Waals surface area contributed by atoms with Crippen molar-refractivity contribution in [3.8, 4) is 0 Å². The topological polar surface area (TPSA) is 123 Å². The fourth-order valence-electron chi connectivity index (χ4n) is 1.96. The average Bonchev–Trinajstić information content (AvgIpc) is 2.66. The zero-order chi connectivity index (χ0) is 20.0. The Balaban J connectivity index is 2.07. The number of hydrogen-bond donors (Lipinski definition) is 3. The van der Waals surface area contributed by atoms with E-state index < -0.39 is 28.3 Å². The molecule has 2 rings (SSSR count). The number of esters is 1. The SMILES string of the molecule is COC(=O)c1cc(C(=O)NNC(=S)Nc2ccc(F)cc2)cc([N+](=O)[O-])c1. The van der Waals surface area contributed by atoms with Crippen LogP contribution in [0.2, 0.25) is 0 Å². The minimum absolute atomic E-state index is 0.00594. The van der Waals surface area contributed by atoms with Crippen LogP contribution in [0.1, 0.15) is 20.7 Å². The van der Waals surface area contributed by atoms with Crippen LogP contribution in [0.5, 0.6) is 0 Å². The van der Waals surface area contributed by atoms with Crippen LogP contribution in [-0.4, -0.2) is 29.0 Å². The molecule has 0 aromatic heterocycles. The number of thiocarbonyl (C=S) groups is 1. The van der Waals surface area contributed by atoms with Crippen LogP contribution in [0.25, 0.3) is 0 Å². The first kappa shape index (κ1) is 19.7. The minimum atomic E-state index is -0.825. The van der Waals surface area contributed by atoms with Crippen molar-refractivity contribution in [2.45, 2.75) is 0 Å². The first-order chi connectivity index (χ1) is 12.8. The Morgan fingerprint density at radius 3 is 2.33 bits per heavy atom. The Bertz CT molecular complexity index is 904. The fourth-order valence-corrected chi connectivity index (χ4v) is 2.13. The van der Waals surface area contributed by atoms with Gasteiger partial charge in [0.15, 0.2) is 5.11 Å². The van der Waals surface area contributed by atoms with Crippen LogP contribution in [0.3, 0.4) is 0 Å². The van der Waals surface area contributed by atoms with Gasteiger partial charge in [-0.3, -0.25) is 25.8 Å². The molecule has 0 atom stereocenters. The molecule has 0 spiro atoms. The lowest BCUT2D eigenvalue weighted by molar-refractivity contribution is -0.384. The number of nitrogens with one attached hydrogen (secondary N) is 3. The number of amides is 1. The van der Waals surface area contributed by atoms with Crippen molar-refractivity contribution in [2.75, 3.05) is 12.4 Å². The second kappa shape index (κ2) is 8.67. The molecule has 0 heterocycles. The van der Waals surface area contributed by atoms with E-state index in [1.54, 1.807) is 0 Å². The Hall–Kier alpha value is -3.60. The molecule has 1 amide bonds. The Morgan fingerprint density at radius 2 is 1.74 bits per heavy atom. The van der Waals surface area contributed by atoms with E-state index >= 15 is 0 Å². The Morgan fingerprint density at radius 1 is 1.11 bits per heavy atom. The highest BCUT2D eigenvalue weighted by Crippen LogP contribution is 2.18. The molecule has 0 aliphatic rings. The van der Waals surface area contributed by atoms with Gasteiger partial charge in [-0.2, -0.15) is 0 Å². The number of nitro benzene ring substituents is 1. The van der Waals surface area contributed by atoms with Gasteiger partial charge in [0.2, 0.25) is 0 Å². The largest absolute Gasteiger partial charge is 0.465 e. The van der Waals surface area contributed by atoms with E-state index in [-0.39, 0.29) is 16.2 Å². The van der Waals surface area contributed by atoms with E-state index in [9.17, 15) is 24.1 Å². The monoisotopic (exact) mass is 392 g/mol. The molecule has 2 aromatic rings. The Labute approximate surface area is 157 Å². The number of non-ortho nitro benzene ring substituents is 1. The second-order valence-electron chi connectivity index (χ2n) is 5.06. The van der Waals surface area contributed by atoms with Crippen LogP contribution in [-0.2, 0) is 4.74 Å². The average molecular weight is 392 g/mol. The third-order valence-corrected chi connectivity index (χ3v) is 3.41. The van der Waals surface area contributed by atoms with Gasteiger partial charge < -0.3 is 10.1 Å². The zero-order valence-electron chi connectivity index (χ0n) is 13.8. The van der Waals surface area contributed by atoms with Gasteiger partial charge in [-0.1, -0.05) is 0 Å². The number of halogens is 1. The van der Waals surface area contributed by atoms with Crippen molar-refractivity contribution >= 4 is 40.6 Å². The summed E-state index contributed by atoms with van der Waals surface area (Å²) in [5.41, 5.74) is 4.36. The molecule has 27 heavy (non-hydrogen) atoms. The smallest absolute Gasteiger partial charge is 0.338 e. The van der Waals surface area contributed by atoms with Crippen LogP contribution in [0, 0.1) is 15.9 Å². The lowest BCUT2D eigenvalue weighted by atomic mass is 10.1. The number of rotatable bonds is 4. The number of methoxy groups -OCH3 is 1. The molecule has 9 nitrogen and oxygen atoms in total. The molecule has 0 radical (unpaired) electrons. The summed E-state index contributed by atoms with van der Waals surface area (Å²) in [5, 5.41) is 13.7. The molecular weight excluding hydrogens is 379 g/mol. The van der Waals surface area contributed by atoms with Gasteiger partial charge in [0.05, 0.1) is 17.6 Å².